The van der Waals surface area contributed by atoms with E-state index in [9.17, 15) is 5.11 Å². The summed E-state index contributed by atoms with van der Waals surface area (Å²) in [6.45, 7) is 4.25. The number of hydrogen-bond donors (Lipinski definition) is 2. The molecule has 1 aromatic carbocycles. The Morgan fingerprint density at radius 1 is 1.10 bits per heavy atom. The molecule has 1 atom stereocenters. The van der Waals surface area contributed by atoms with E-state index in [0.29, 0.717) is 38.3 Å². The Bertz CT molecular complexity index is 919. The van der Waals surface area contributed by atoms with Gasteiger partial charge in [0.05, 0.1) is 24.4 Å². The number of nitrogens with one attached hydrogen (secondary N) is 1. The van der Waals surface area contributed by atoms with Gasteiger partial charge in [-0.15, -0.1) is 0 Å². The van der Waals surface area contributed by atoms with Crippen molar-refractivity contribution in [3.8, 4) is 28.5 Å². The lowest BCUT2D eigenvalue weighted by Crippen LogP contribution is -2.36. The Kier molecular flexibility index (Phi) is 5.58. The maximum Gasteiger partial charge on any atom is 0.226 e. The summed E-state index contributed by atoms with van der Waals surface area (Å²) in [6, 6.07) is 6.07. The molecule has 8 nitrogen and oxygen atoms in total. The summed E-state index contributed by atoms with van der Waals surface area (Å²) < 4.78 is 23.1. The fourth-order valence-electron chi connectivity index (χ4n) is 4.26. The molecule has 1 aromatic heterocycles. The zero-order chi connectivity index (χ0) is 21.3. The minimum Gasteiger partial charge on any atom is -0.486 e. The van der Waals surface area contributed by atoms with E-state index in [1.807, 2.05) is 25.1 Å². The lowest BCUT2D eigenvalue weighted by molar-refractivity contribution is 0.0195. The lowest BCUT2D eigenvalue weighted by atomic mass is 9.84. The van der Waals surface area contributed by atoms with Crippen LogP contribution in [0.1, 0.15) is 39.0 Å². The molecular formula is C23H29N3O5. The van der Waals surface area contributed by atoms with Gasteiger partial charge >= 0.3 is 0 Å². The number of aliphatic hydroxyl groups is 1. The quantitative estimate of drug-likeness (QED) is 0.751. The third kappa shape index (κ3) is 4.70. The first-order valence-electron chi connectivity index (χ1n) is 11.1. The minimum atomic E-state index is -0.572. The molecule has 0 unspecified atom stereocenters. The molecule has 0 amide bonds. The van der Waals surface area contributed by atoms with Gasteiger partial charge in [0.25, 0.3) is 0 Å². The van der Waals surface area contributed by atoms with Crippen molar-refractivity contribution in [1.82, 2.24) is 9.97 Å². The second-order valence-corrected chi connectivity index (χ2v) is 8.79. The number of hydrogen-bond acceptors (Lipinski definition) is 8. The second kappa shape index (κ2) is 8.51. The summed E-state index contributed by atoms with van der Waals surface area (Å²) in [5.74, 6) is 2.54. The molecule has 5 rings (SSSR count). The van der Waals surface area contributed by atoms with Gasteiger partial charge in [0.2, 0.25) is 11.8 Å². The number of benzene rings is 1. The number of ether oxygens (including phenoxy) is 4. The van der Waals surface area contributed by atoms with Crippen molar-refractivity contribution in [2.75, 3.05) is 31.7 Å². The van der Waals surface area contributed by atoms with Gasteiger partial charge < -0.3 is 29.4 Å². The van der Waals surface area contributed by atoms with E-state index in [4.69, 9.17) is 23.9 Å². The van der Waals surface area contributed by atoms with Gasteiger partial charge in [0.15, 0.2) is 11.5 Å². The normalized spacial score (nSPS) is 27.7. The van der Waals surface area contributed by atoms with Crippen molar-refractivity contribution in [2.24, 2.45) is 0 Å². The summed E-state index contributed by atoms with van der Waals surface area (Å²) in [4.78, 5) is 9.29. The van der Waals surface area contributed by atoms with E-state index >= 15 is 0 Å². The van der Waals surface area contributed by atoms with E-state index in [1.165, 1.54) is 0 Å². The predicted molar refractivity (Wildman–Crippen MR) is 115 cm³/mol. The number of nitrogens with zero attached hydrogens (tertiary/aromatic N) is 2. The molecule has 1 saturated carbocycles. The van der Waals surface area contributed by atoms with Crippen LogP contribution in [0.5, 0.6) is 17.4 Å². The van der Waals surface area contributed by atoms with Crippen LogP contribution in [0.25, 0.3) is 11.1 Å². The highest BCUT2D eigenvalue weighted by Crippen LogP contribution is 2.38. The molecule has 1 aliphatic carbocycles. The largest absolute Gasteiger partial charge is 0.486 e. The Morgan fingerprint density at radius 3 is 2.68 bits per heavy atom. The summed E-state index contributed by atoms with van der Waals surface area (Å²) in [5.41, 5.74) is 1.15. The first-order chi connectivity index (χ1) is 15.1. The van der Waals surface area contributed by atoms with Gasteiger partial charge in [-0.3, -0.25) is 0 Å². The predicted octanol–water partition coefficient (Wildman–Crippen LogP) is 3.19. The fraction of sp³-hybridized carbons (Fsp3) is 0.565. The number of aromatic nitrogens is 2. The highest BCUT2D eigenvalue weighted by Gasteiger charge is 2.29. The maximum atomic E-state index is 10.2. The van der Waals surface area contributed by atoms with Crippen LogP contribution >= 0.6 is 0 Å². The van der Waals surface area contributed by atoms with Gasteiger partial charge in [-0.1, -0.05) is 6.07 Å². The van der Waals surface area contributed by atoms with E-state index in [-0.39, 0.29) is 12.1 Å². The zero-order valence-electron chi connectivity index (χ0n) is 17.8. The Morgan fingerprint density at radius 2 is 1.90 bits per heavy atom. The van der Waals surface area contributed by atoms with Gasteiger partial charge in [-0.2, -0.15) is 4.98 Å². The zero-order valence-corrected chi connectivity index (χ0v) is 17.8. The molecule has 166 valence electrons. The van der Waals surface area contributed by atoms with E-state index in [2.05, 4.69) is 10.3 Å². The van der Waals surface area contributed by atoms with Gasteiger partial charge in [-0.05, 0) is 50.3 Å². The molecule has 0 radical (unpaired) electrons. The third-order valence-corrected chi connectivity index (χ3v) is 6.17. The summed E-state index contributed by atoms with van der Waals surface area (Å²) in [6.07, 6.45) is 5.91. The highest BCUT2D eigenvalue weighted by atomic mass is 16.6. The molecular weight excluding hydrogens is 398 g/mol. The number of anilines is 1. The SMILES string of the molecule is CC1(O)CCC(Nc2ncc(-c3ccc4c(c3)OCCO4)c(O[C@@H]3CCOC3)n2)CC1. The van der Waals surface area contributed by atoms with E-state index in [0.717, 1.165) is 54.7 Å². The summed E-state index contributed by atoms with van der Waals surface area (Å²) in [5, 5.41) is 13.6. The molecule has 0 spiro atoms. The van der Waals surface area contributed by atoms with Gasteiger partial charge in [-0.25, -0.2) is 4.98 Å². The van der Waals surface area contributed by atoms with Crippen LogP contribution in [-0.2, 0) is 4.74 Å². The van der Waals surface area contributed by atoms with Crippen molar-refractivity contribution in [1.29, 1.82) is 0 Å². The Balaban J connectivity index is 1.40. The summed E-state index contributed by atoms with van der Waals surface area (Å²) in [7, 11) is 0. The van der Waals surface area contributed by atoms with Crippen LogP contribution in [0.4, 0.5) is 5.95 Å². The molecule has 3 heterocycles. The van der Waals surface area contributed by atoms with Crippen molar-refractivity contribution < 1.29 is 24.1 Å². The van der Waals surface area contributed by atoms with Crippen molar-refractivity contribution >= 4 is 5.95 Å². The molecule has 2 aromatic rings. The Labute approximate surface area is 181 Å². The van der Waals surface area contributed by atoms with Crippen LogP contribution in [0, 0.1) is 0 Å². The first-order valence-corrected chi connectivity index (χ1v) is 11.1. The molecule has 1 saturated heterocycles. The first kappa shape index (κ1) is 20.3. The smallest absolute Gasteiger partial charge is 0.226 e. The fourth-order valence-corrected chi connectivity index (χ4v) is 4.26. The second-order valence-electron chi connectivity index (χ2n) is 8.79. The van der Waals surface area contributed by atoms with Crippen LogP contribution in [0.2, 0.25) is 0 Å². The van der Waals surface area contributed by atoms with Gasteiger partial charge in [0.1, 0.15) is 19.3 Å². The Hall–Kier alpha value is -2.58. The van der Waals surface area contributed by atoms with Crippen LogP contribution < -0.4 is 19.5 Å². The monoisotopic (exact) mass is 427 g/mol. The third-order valence-electron chi connectivity index (χ3n) is 6.17. The highest BCUT2D eigenvalue weighted by molar-refractivity contribution is 5.71. The van der Waals surface area contributed by atoms with E-state index < -0.39 is 5.60 Å². The lowest BCUT2D eigenvalue weighted by Gasteiger charge is -2.33. The van der Waals surface area contributed by atoms with Crippen LogP contribution in [0.15, 0.2) is 24.4 Å². The topological polar surface area (TPSA) is 95.0 Å². The average molecular weight is 428 g/mol. The molecule has 3 aliphatic rings. The van der Waals surface area contributed by atoms with Crippen molar-refractivity contribution in [2.45, 2.75) is 56.8 Å². The molecule has 0 bridgehead atoms. The molecule has 2 fully saturated rings. The molecule has 2 aliphatic heterocycles. The summed E-state index contributed by atoms with van der Waals surface area (Å²) >= 11 is 0. The number of rotatable bonds is 5. The number of fused-ring (bicyclic) bond motifs is 1. The van der Waals surface area contributed by atoms with Crippen LogP contribution in [0.3, 0.4) is 0 Å². The molecule has 8 heteroatoms. The van der Waals surface area contributed by atoms with Crippen molar-refractivity contribution in [3.63, 3.8) is 0 Å². The maximum absolute atomic E-state index is 10.2. The minimum absolute atomic E-state index is 0.0245. The van der Waals surface area contributed by atoms with Crippen LogP contribution in [-0.4, -0.2) is 59.2 Å². The van der Waals surface area contributed by atoms with Gasteiger partial charge in [0, 0.05) is 18.7 Å². The van der Waals surface area contributed by atoms with E-state index in [1.54, 1.807) is 6.20 Å². The standard InChI is InChI=1S/C23H29N3O5/c1-23(27)7-4-16(5-8-23)25-22-24-13-18(21(26-22)31-17-6-9-28-14-17)15-2-3-19-20(12-15)30-11-10-29-19/h2-3,12-13,16-17,27H,4-11,14H2,1H3,(H,24,25,26)/t16?,17-,23?/m1/s1. The molecule has 2 N–H and O–H groups in total. The van der Waals surface area contributed by atoms with Crippen molar-refractivity contribution in [3.05, 3.63) is 24.4 Å². The average Bonchev–Trinajstić information content (AvgIpc) is 3.28. The molecule has 31 heavy (non-hydrogen) atoms.